The van der Waals surface area contributed by atoms with Gasteiger partial charge in [-0.2, -0.15) is 4.31 Å². The summed E-state index contributed by atoms with van der Waals surface area (Å²) in [6, 6.07) is 17.9. The van der Waals surface area contributed by atoms with Crippen molar-refractivity contribution >= 4 is 10.0 Å². The van der Waals surface area contributed by atoms with Gasteiger partial charge in [-0.05, 0) is 17.7 Å². The molecule has 0 bridgehead atoms. The van der Waals surface area contributed by atoms with Crippen LogP contribution >= 0.6 is 0 Å². The Labute approximate surface area is 119 Å². The van der Waals surface area contributed by atoms with Crippen molar-refractivity contribution in [3.8, 4) is 0 Å². The summed E-state index contributed by atoms with van der Waals surface area (Å²) in [6.07, 6.45) is 1.69. The maximum atomic E-state index is 12.6. The molecule has 3 atom stereocenters. The zero-order valence-corrected chi connectivity index (χ0v) is 11.7. The first-order valence-corrected chi connectivity index (χ1v) is 7.86. The second-order valence-electron chi connectivity index (χ2n) is 4.73. The molecule has 0 spiro atoms. The van der Waals surface area contributed by atoms with Gasteiger partial charge in [-0.1, -0.05) is 54.6 Å². The fourth-order valence-electron chi connectivity index (χ4n) is 2.48. The Morgan fingerprint density at radius 2 is 1.50 bits per heavy atom. The van der Waals surface area contributed by atoms with Gasteiger partial charge in [0.05, 0.1) is 17.0 Å². The van der Waals surface area contributed by atoms with E-state index in [2.05, 4.69) is 6.58 Å². The predicted octanol–water partition coefficient (Wildman–Crippen LogP) is 2.99. The van der Waals surface area contributed by atoms with E-state index < -0.39 is 10.0 Å². The molecule has 3 unspecified atom stereocenters. The Kier molecular flexibility index (Phi) is 3.20. The fourth-order valence-corrected chi connectivity index (χ4v) is 4.24. The van der Waals surface area contributed by atoms with Crippen LogP contribution in [0.2, 0.25) is 0 Å². The van der Waals surface area contributed by atoms with Crippen LogP contribution in [0, 0.1) is 0 Å². The highest BCUT2D eigenvalue weighted by Crippen LogP contribution is 2.47. The highest BCUT2D eigenvalue weighted by atomic mass is 32.2. The summed E-state index contributed by atoms with van der Waals surface area (Å²) in [5.74, 6) is 0. The molecular weight excluding hydrogens is 270 g/mol. The van der Waals surface area contributed by atoms with Crippen LogP contribution in [0.4, 0.5) is 0 Å². The summed E-state index contributed by atoms with van der Waals surface area (Å²) in [5, 5.41) is 0. The third-order valence-electron chi connectivity index (χ3n) is 3.50. The molecule has 4 heteroatoms. The van der Waals surface area contributed by atoms with Gasteiger partial charge in [0, 0.05) is 0 Å². The van der Waals surface area contributed by atoms with Crippen molar-refractivity contribution in [2.75, 3.05) is 0 Å². The monoisotopic (exact) mass is 285 g/mol. The Morgan fingerprint density at radius 3 is 2.05 bits per heavy atom. The van der Waals surface area contributed by atoms with Gasteiger partial charge in [-0.15, -0.1) is 6.58 Å². The minimum Gasteiger partial charge on any atom is -0.207 e. The zero-order valence-electron chi connectivity index (χ0n) is 10.9. The lowest BCUT2D eigenvalue weighted by Crippen LogP contribution is -2.14. The smallest absolute Gasteiger partial charge is 0.207 e. The van der Waals surface area contributed by atoms with E-state index in [1.807, 2.05) is 30.3 Å². The number of nitrogens with zero attached hydrogens (tertiary/aromatic N) is 1. The van der Waals surface area contributed by atoms with Gasteiger partial charge in [0.1, 0.15) is 0 Å². The molecule has 3 rings (SSSR count). The Hall–Kier alpha value is -1.91. The van der Waals surface area contributed by atoms with Crippen molar-refractivity contribution in [1.82, 2.24) is 4.31 Å². The molecular formula is C16H15NO2S. The minimum atomic E-state index is -3.46. The molecule has 0 aromatic heterocycles. The first-order valence-electron chi connectivity index (χ1n) is 6.42. The van der Waals surface area contributed by atoms with Crippen LogP contribution in [0.25, 0.3) is 0 Å². The molecule has 1 heterocycles. The van der Waals surface area contributed by atoms with E-state index in [1.54, 1.807) is 36.4 Å². The van der Waals surface area contributed by atoms with Gasteiger partial charge in [0.2, 0.25) is 10.0 Å². The van der Waals surface area contributed by atoms with Gasteiger partial charge < -0.3 is 0 Å². The van der Waals surface area contributed by atoms with Crippen LogP contribution in [0.1, 0.15) is 11.6 Å². The van der Waals surface area contributed by atoms with Crippen molar-refractivity contribution < 1.29 is 8.42 Å². The van der Waals surface area contributed by atoms with Gasteiger partial charge in [-0.25, -0.2) is 8.42 Å². The van der Waals surface area contributed by atoms with Crippen LogP contribution < -0.4 is 0 Å². The Bertz CT molecular complexity index is 711. The van der Waals surface area contributed by atoms with Crippen LogP contribution in [0.15, 0.2) is 78.2 Å². The quantitative estimate of drug-likeness (QED) is 0.639. The maximum Gasteiger partial charge on any atom is 0.244 e. The molecule has 20 heavy (non-hydrogen) atoms. The molecule has 1 aliphatic rings. The highest BCUT2D eigenvalue weighted by Gasteiger charge is 2.54. The van der Waals surface area contributed by atoms with Crippen LogP contribution in [-0.4, -0.2) is 18.8 Å². The highest BCUT2D eigenvalue weighted by molar-refractivity contribution is 7.89. The second-order valence-corrected chi connectivity index (χ2v) is 6.57. The summed E-state index contributed by atoms with van der Waals surface area (Å²) in [4.78, 5) is 0.324. The molecule has 0 saturated carbocycles. The predicted molar refractivity (Wildman–Crippen MR) is 78.6 cm³/mol. The van der Waals surface area contributed by atoms with E-state index in [-0.39, 0.29) is 12.1 Å². The van der Waals surface area contributed by atoms with E-state index in [0.29, 0.717) is 4.90 Å². The van der Waals surface area contributed by atoms with Crippen LogP contribution in [0.3, 0.4) is 0 Å². The molecule has 0 radical (unpaired) electrons. The van der Waals surface area contributed by atoms with Crippen molar-refractivity contribution in [2.45, 2.75) is 17.0 Å². The molecule has 0 N–H and O–H groups in total. The van der Waals surface area contributed by atoms with Crippen molar-refractivity contribution in [3.63, 3.8) is 0 Å². The number of hydrogen-bond acceptors (Lipinski definition) is 2. The zero-order chi connectivity index (χ0) is 14.2. The van der Waals surface area contributed by atoms with E-state index in [1.165, 1.54) is 4.31 Å². The SMILES string of the molecule is C=CC1C(c2ccccc2)N1S(=O)(=O)c1ccccc1. The molecule has 0 amide bonds. The summed E-state index contributed by atoms with van der Waals surface area (Å²) >= 11 is 0. The molecule has 3 nitrogen and oxygen atoms in total. The molecule has 1 fully saturated rings. The lowest BCUT2D eigenvalue weighted by molar-refractivity contribution is 0.550. The summed E-state index contributed by atoms with van der Waals surface area (Å²) < 4.78 is 26.8. The van der Waals surface area contributed by atoms with Crippen LogP contribution in [-0.2, 0) is 10.0 Å². The standard InChI is InChI=1S/C16H15NO2S/c1-2-15-16(13-9-5-3-6-10-13)17(15)20(18,19)14-11-7-4-8-12-14/h2-12,15-16H,1H2. The van der Waals surface area contributed by atoms with E-state index in [0.717, 1.165) is 5.56 Å². The molecule has 2 aromatic carbocycles. The average molecular weight is 285 g/mol. The molecule has 102 valence electrons. The van der Waals surface area contributed by atoms with Crippen molar-refractivity contribution in [3.05, 3.63) is 78.9 Å². The largest absolute Gasteiger partial charge is 0.244 e. The van der Waals surface area contributed by atoms with Gasteiger partial charge in [0.15, 0.2) is 0 Å². The number of sulfonamides is 1. The first kappa shape index (κ1) is 13.1. The average Bonchev–Trinajstić information content (AvgIpc) is 3.24. The second kappa shape index (κ2) is 4.89. The molecule has 2 aromatic rings. The van der Waals surface area contributed by atoms with Crippen LogP contribution in [0.5, 0.6) is 0 Å². The number of rotatable bonds is 4. The van der Waals surface area contributed by atoms with Crippen molar-refractivity contribution in [2.24, 2.45) is 0 Å². The molecule has 1 aliphatic heterocycles. The Morgan fingerprint density at radius 1 is 0.950 bits per heavy atom. The van der Waals surface area contributed by atoms with Gasteiger partial charge >= 0.3 is 0 Å². The van der Waals surface area contributed by atoms with E-state index in [9.17, 15) is 8.42 Å². The lowest BCUT2D eigenvalue weighted by atomic mass is 10.1. The number of benzene rings is 2. The van der Waals surface area contributed by atoms with Gasteiger partial charge in [0.25, 0.3) is 0 Å². The third-order valence-corrected chi connectivity index (χ3v) is 5.40. The summed E-state index contributed by atoms with van der Waals surface area (Å²) in [5.41, 5.74) is 0.997. The maximum absolute atomic E-state index is 12.6. The topological polar surface area (TPSA) is 37.1 Å². The fraction of sp³-hybridized carbons (Fsp3) is 0.125. The third kappa shape index (κ3) is 2.07. The number of hydrogen-bond donors (Lipinski definition) is 0. The van der Waals surface area contributed by atoms with Gasteiger partial charge in [-0.3, -0.25) is 0 Å². The van der Waals surface area contributed by atoms with E-state index >= 15 is 0 Å². The molecule has 1 saturated heterocycles. The lowest BCUT2D eigenvalue weighted by Gasteiger charge is -2.06. The van der Waals surface area contributed by atoms with E-state index in [4.69, 9.17) is 0 Å². The normalized spacial score (nSPS) is 25.1. The summed E-state index contributed by atoms with van der Waals surface area (Å²) in [7, 11) is -3.46. The first-order chi connectivity index (χ1) is 9.66. The Balaban J connectivity index is 1.97. The molecule has 0 aliphatic carbocycles. The van der Waals surface area contributed by atoms with Crippen molar-refractivity contribution in [1.29, 1.82) is 0 Å². The summed E-state index contributed by atoms with van der Waals surface area (Å²) in [6.45, 7) is 3.75. The minimum absolute atomic E-state index is 0.140.